The lowest BCUT2D eigenvalue weighted by atomic mass is 9.96. The lowest BCUT2D eigenvalue weighted by Crippen LogP contribution is -2.43. The smallest absolute Gasteiger partial charge is 0.229 e. The van der Waals surface area contributed by atoms with E-state index in [4.69, 9.17) is 0 Å². The first-order valence-corrected chi connectivity index (χ1v) is 11.5. The number of aromatic nitrogens is 1. The van der Waals surface area contributed by atoms with Crippen molar-refractivity contribution in [3.8, 4) is 0 Å². The van der Waals surface area contributed by atoms with E-state index >= 15 is 0 Å². The fourth-order valence-corrected chi connectivity index (χ4v) is 4.30. The molecule has 0 bridgehead atoms. The van der Waals surface area contributed by atoms with Crippen LogP contribution in [0.4, 0.5) is 5.69 Å². The van der Waals surface area contributed by atoms with Crippen molar-refractivity contribution in [2.24, 2.45) is 5.92 Å². The van der Waals surface area contributed by atoms with Crippen molar-refractivity contribution in [1.29, 1.82) is 0 Å². The maximum atomic E-state index is 12.8. The molecule has 1 aromatic heterocycles. The first kappa shape index (κ1) is 22.3. The van der Waals surface area contributed by atoms with Gasteiger partial charge in [-0.1, -0.05) is 20.8 Å². The second-order valence-electron chi connectivity index (χ2n) is 8.23. The van der Waals surface area contributed by atoms with E-state index < -0.39 is 0 Å². The van der Waals surface area contributed by atoms with Crippen LogP contribution >= 0.6 is 0 Å². The zero-order valence-electron chi connectivity index (χ0n) is 18.7. The lowest BCUT2D eigenvalue weighted by molar-refractivity contribution is -0.134. The molecule has 0 radical (unpaired) electrons. The molecule has 1 fully saturated rings. The number of piperidine rings is 1. The van der Waals surface area contributed by atoms with Gasteiger partial charge in [0.2, 0.25) is 11.8 Å². The Morgan fingerprint density at radius 2 is 1.97 bits per heavy atom. The van der Waals surface area contributed by atoms with Gasteiger partial charge in [-0.3, -0.25) is 9.59 Å². The molecule has 30 heavy (non-hydrogen) atoms. The largest absolute Gasteiger partial charge is 0.346 e. The number of nitrogens with one attached hydrogen (secondary N) is 1. The van der Waals surface area contributed by atoms with Crippen LogP contribution in [0, 0.1) is 5.92 Å². The standard InChI is InChI=1S/C24H36N4O2/c1-4-8-23(29)28-13-7-9-20(18-28)24(30)25-21-10-11-22-19(17-21)12-14-27(22)16-15-26(5-2)6-3/h10-12,14,17,20H,4-9,13,15-16,18H2,1-3H3,(H,25,30). The second-order valence-corrected chi connectivity index (χ2v) is 8.23. The summed E-state index contributed by atoms with van der Waals surface area (Å²) < 4.78 is 2.28. The van der Waals surface area contributed by atoms with E-state index in [1.165, 1.54) is 5.52 Å². The minimum Gasteiger partial charge on any atom is -0.346 e. The Labute approximate surface area is 180 Å². The van der Waals surface area contributed by atoms with Gasteiger partial charge in [-0.25, -0.2) is 0 Å². The van der Waals surface area contributed by atoms with Gasteiger partial charge in [0, 0.05) is 55.4 Å². The predicted octanol–water partition coefficient (Wildman–Crippen LogP) is 3.96. The number of amides is 2. The third kappa shape index (κ3) is 5.42. The molecule has 2 amide bonds. The molecule has 1 aliphatic heterocycles. The van der Waals surface area contributed by atoms with Crippen molar-refractivity contribution in [3.05, 3.63) is 30.5 Å². The van der Waals surface area contributed by atoms with E-state index in [1.807, 2.05) is 24.0 Å². The maximum Gasteiger partial charge on any atom is 0.229 e. The number of benzene rings is 1. The van der Waals surface area contributed by atoms with Crippen LogP contribution in [0.3, 0.4) is 0 Å². The van der Waals surface area contributed by atoms with Gasteiger partial charge in [0.25, 0.3) is 0 Å². The molecule has 1 N–H and O–H groups in total. The first-order valence-electron chi connectivity index (χ1n) is 11.5. The SMILES string of the molecule is CCCC(=O)N1CCCC(C(=O)Nc2ccc3c(ccn3CCN(CC)CC)c2)C1. The normalized spacial score (nSPS) is 16.9. The van der Waals surface area contributed by atoms with Gasteiger partial charge in [-0.05, 0) is 56.6 Å². The summed E-state index contributed by atoms with van der Waals surface area (Å²) in [4.78, 5) is 29.3. The van der Waals surface area contributed by atoms with Gasteiger partial charge in [0.05, 0.1) is 5.92 Å². The number of anilines is 1. The Morgan fingerprint density at radius 1 is 1.17 bits per heavy atom. The molecule has 0 aliphatic carbocycles. The number of hydrogen-bond acceptors (Lipinski definition) is 3. The average Bonchev–Trinajstić information content (AvgIpc) is 3.17. The fourth-order valence-electron chi connectivity index (χ4n) is 4.30. The maximum absolute atomic E-state index is 12.8. The van der Waals surface area contributed by atoms with Gasteiger partial charge in [0.1, 0.15) is 0 Å². The summed E-state index contributed by atoms with van der Waals surface area (Å²) in [6, 6.07) is 8.23. The summed E-state index contributed by atoms with van der Waals surface area (Å²) in [6.07, 6.45) is 5.27. The topological polar surface area (TPSA) is 57.6 Å². The highest BCUT2D eigenvalue weighted by molar-refractivity contribution is 5.95. The molecule has 2 heterocycles. The molecule has 1 aromatic carbocycles. The molecule has 0 saturated carbocycles. The van der Waals surface area contributed by atoms with Crippen LogP contribution in [0.5, 0.6) is 0 Å². The first-order chi connectivity index (χ1) is 14.5. The highest BCUT2D eigenvalue weighted by atomic mass is 16.2. The predicted molar refractivity (Wildman–Crippen MR) is 123 cm³/mol. The number of likely N-dealkylation sites (tertiary alicyclic amines) is 1. The fraction of sp³-hybridized carbons (Fsp3) is 0.583. The van der Waals surface area contributed by atoms with Gasteiger partial charge in [-0.2, -0.15) is 0 Å². The molecule has 6 nitrogen and oxygen atoms in total. The second kappa shape index (κ2) is 10.6. The molecular formula is C24H36N4O2. The summed E-state index contributed by atoms with van der Waals surface area (Å²) >= 11 is 0. The summed E-state index contributed by atoms with van der Waals surface area (Å²) in [5.74, 6) is 0.0562. The molecule has 1 atom stereocenters. The summed E-state index contributed by atoms with van der Waals surface area (Å²) in [5, 5.41) is 4.21. The van der Waals surface area contributed by atoms with Crippen LogP contribution in [0.15, 0.2) is 30.5 Å². The quantitative estimate of drug-likeness (QED) is 0.678. The van der Waals surface area contributed by atoms with Crippen LogP contribution in [-0.4, -0.2) is 58.9 Å². The third-order valence-electron chi connectivity index (χ3n) is 6.20. The zero-order chi connectivity index (χ0) is 21.5. The monoisotopic (exact) mass is 412 g/mol. The molecule has 1 unspecified atom stereocenters. The van der Waals surface area contributed by atoms with Gasteiger partial charge < -0.3 is 19.7 Å². The van der Waals surface area contributed by atoms with Gasteiger partial charge in [0.15, 0.2) is 0 Å². The van der Waals surface area contributed by atoms with Gasteiger partial charge >= 0.3 is 0 Å². The molecule has 1 saturated heterocycles. The number of carbonyl (C=O) groups is 2. The minimum absolute atomic E-state index is 0.0179. The highest BCUT2D eigenvalue weighted by Crippen LogP contribution is 2.23. The van der Waals surface area contributed by atoms with Crippen molar-refractivity contribution in [2.45, 2.75) is 53.0 Å². The zero-order valence-corrected chi connectivity index (χ0v) is 18.7. The van der Waals surface area contributed by atoms with Crippen LogP contribution < -0.4 is 5.32 Å². The summed E-state index contributed by atoms with van der Waals surface area (Å²) in [6.45, 7) is 11.8. The number of carbonyl (C=O) groups excluding carboxylic acids is 2. The Balaban J connectivity index is 1.62. The van der Waals surface area contributed by atoms with Crippen LogP contribution in [-0.2, 0) is 16.1 Å². The lowest BCUT2D eigenvalue weighted by Gasteiger charge is -2.32. The van der Waals surface area contributed by atoms with Crippen LogP contribution in [0.1, 0.15) is 46.5 Å². The van der Waals surface area contributed by atoms with Gasteiger partial charge in [-0.15, -0.1) is 0 Å². The third-order valence-corrected chi connectivity index (χ3v) is 6.20. The number of nitrogens with zero attached hydrogens (tertiary/aromatic N) is 3. The summed E-state index contributed by atoms with van der Waals surface area (Å²) in [5.41, 5.74) is 2.01. The van der Waals surface area contributed by atoms with Crippen molar-refractivity contribution in [1.82, 2.24) is 14.4 Å². The summed E-state index contributed by atoms with van der Waals surface area (Å²) in [7, 11) is 0. The molecule has 0 spiro atoms. The number of rotatable bonds is 9. The van der Waals surface area contributed by atoms with Crippen molar-refractivity contribution < 1.29 is 9.59 Å². The Morgan fingerprint density at radius 3 is 2.70 bits per heavy atom. The van der Waals surface area contributed by atoms with Crippen LogP contribution in [0.25, 0.3) is 10.9 Å². The van der Waals surface area contributed by atoms with E-state index in [2.05, 4.69) is 47.0 Å². The molecule has 2 aromatic rings. The van der Waals surface area contributed by atoms with Crippen molar-refractivity contribution >= 4 is 28.4 Å². The van der Waals surface area contributed by atoms with E-state index in [0.717, 1.165) is 63.1 Å². The van der Waals surface area contributed by atoms with E-state index in [-0.39, 0.29) is 17.7 Å². The van der Waals surface area contributed by atoms with E-state index in [1.54, 1.807) is 0 Å². The Bertz CT molecular complexity index is 856. The Hall–Kier alpha value is -2.34. The molecule has 164 valence electrons. The van der Waals surface area contributed by atoms with E-state index in [0.29, 0.717) is 13.0 Å². The number of fused-ring (bicyclic) bond motifs is 1. The minimum atomic E-state index is -0.131. The van der Waals surface area contributed by atoms with E-state index in [9.17, 15) is 9.59 Å². The number of likely N-dealkylation sites (N-methyl/N-ethyl adjacent to an activating group) is 1. The molecular weight excluding hydrogens is 376 g/mol. The number of hydrogen-bond donors (Lipinski definition) is 1. The molecule has 3 rings (SSSR count). The van der Waals surface area contributed by atoms with Crippen molar-refractivity contribution in [2.75, 3.05) is 38.0 Å². The molecule has 6 heteroatoms. The highest BCUT2D eigenvalue weighted by Gasteiger charge is 2.28. The molecule has 1 aliphatic rings. The van der Waals surface area contributed by atoms with Crippen molar-refractivity contribution in [3.63, 3.8) is 0 Å². The average molecular weight is 413 g/mol. The Kier molecular flexibility index (Phi) is 7.91. The van der Waals surface area contributed by atoms with Crippen LogP contribution in [0.2, 0.25) is 0 Å².